The van der Waals surface area contributed by atoms with Crippen LogP contribution in [-0.4, -0.2) is 11.9 Å². The predicted octanol–water partition coefficient (Wildman–Crippen LogP) is 4.62. The Morgan fingerprint density at radius 1 is 0.920 bits per heavy atom. The van der Waals surface area contributed by atoms with Gasteiger partial charge in [-0.2, -0.15) is 0 Å². The number of para-hydroxylation sites is 1. The average molecular weight is 334 g/mol. The van der Waals surface area contributed by atoms with Crippen LogP contribution >= 0.6 is 0 Å². The monoisotopic (exact) mass is 334 g/mol. The summed E-state index contributed by atoms with van der Waals surface area (Å²) >= 11 is 0. The van der Waals surface area contributed by atoms with Crippen molar-refractivity contribution in [2.24, 2.45) is 0 Å². The fraction of sp³-hybridized carbons (Fsp3) is 0.190. The van der Waals surface area contributed by atoms with Crippen LogP contribution in [0.25, 0.3) is 11.1 Å². The van der Waals surface area contributed by atoms with Gasteiger partial charge in [0.25, 0.3) is 0 Å². The molecule has 4 nitrogen and oxygen atoms in total. The first kappa shape index (κ1) is 17.0. The minimum absolute atomic E-state index is 0.0416. The number of amides is 1. The number of nitrogens with one attached hydrogen (secondary N) is 2. The highest BCUT2D eigenvalue weighted by molar-refractivity contribution is 5.98. The SMILES string of the molecule is C[C@@H](N[C@H](C)c1ccco1)C(=O)Nc1ccccc1-c1ccccc1. The van der Waals surface area contributed by atoms with Gasteiger partial charge < -0.3 is 9.73 Å². The first-order valence-corrected chi connectivity index (χ1v) is 8.40. The predicted molar refractivity (Wildman–Crippen MR) is 100 cm³/mol. The molecule has 0 saturated carbocycles. The quantitative estimate of drug-likeness (QED) is 0.691. The topological polar surface area (TPSA) is 54.3 Å². The van der Waals surface area contributed by atoms with E-state index < -0.39 is 0 Å². The third-order valence-corrected chi connectivity index (χ3v) is 4.13. The second kappa shape index (κ2) is 7.81. The Labute approximate surface area is 147 Å². The normalized spacial score (nSPS) is 13.2. The summed E-state index contributed by atoms with van der Waals surface area (Å²) in [5.74, 6) is 0.728. The number of hydrogen-bond acceptors (Lipinski definition) is 3. The van der Waals surface area contributed by atoms with Crippen LogP contribution in [0.3, 0.4) is 0 Å². The van der Waals surface area contributed by atoms with Gasteiger partial charge in [0.05, 0.1) is 18.3 Å². The number of hydrogen-bond donors (Lipinski definition) is 2. The molecule has 0 fully saturated rings. The first-order chi connectivity index (χ1) is 12.1. The number of benzene rings is 2. The van der Waals surface area contributed by atoms with Crippen LogP contribution in [0.1, 0.15) is 25.6 Å². The van der Waals surface area contributed by atoms with E-state index in [0.717, 1.165) is 22.6 Å². The summed E-state index contributed by atoms with van der Waals surface area (Å²) in [6, 6.07) is 21.2. The Hall–Kier alpha value is -2.85. The molecule has 0 bridgehead atoms. The molecule has 1 amide bonds. The highest BCUT2D eigenvalue weighted by atomic mass is 16.3. The van der Waals surface area contributed by atoms with Crippen LogP contribution < -0.4 is 10.6 Å². The molecule has 3 rings (SSSR count). The van der Waals surface area contributed by atoms with E-state index in [2.05, 4.69) is 10.6 Å². The Morgan fingerprint density at radius 2 is 1.64 bits per heavy atom. The molecule has 128 valence electrons. The standard InChI is InChI=1S/C21H22N2O2/c1-15(20-13-8-14-25-20)22-16(2)21(24)23-19-12-7-6-11-18(19)17-9-4-3-5-10-17/h3-16,22H,1-2H3,(H,23,24)/t15-,16-/m1/s1. The molecular formula is C21H22N2O2. The van der Waals surface area contributed by atoms with E-state index in [1.54, 1.807) is 6.26 Å². The maximum Gasteiger partial charge on any atom is 0.241 e. The van der Waals surface area contributed by atoms with Crippen molar-refractivity contribution in [3.05, 3.63) is 78.8 Å². The summed E-state index contributed by atoms with van der Waals surface area (Å²) in [7, 11) is 0. The van der Waals surface area contributed by atoms with E-state index in [0.29, 0.717) is 0 Å². The van der Waals surface area contributed by atoms with Crippen LogP contribution in [0.2, 0.25) is 0 Å². The summed E-state index contributed by atoms with van der Waals surface area (Å²) in [5, 5.41) is 6.28. The molecule has 25 heavy (non-hydrogen) atoms. The summed E-state index contributed by atoms with van der Waals surface area (Å²) in [6.45, 7) is 3.82. The van der Waals surface area contributed by atoms with Gasteiger partial charge in [0.1, 0.15) is 5.76 Å². The largest absolute Gasteiger partial charge is 0.468 e. The van der Waals surface area contributed by atoms with E-state index in [1.165, 1.54) is 0 Å². The lowest BCUT2D eigenvalue weighted by atomic mass is 10.0. The second-order valence-electron chi connectivity index (χ2n) is 6.03. The van der Waals surface area contributed by atoms with Crippen molar-refractivity contribution in [1.82, 2.24) is 5.32 Å². The van der Waals surface area contributed by atoms with Crippen molar-refractivity contribution in [1.29, 1.82) is 0 Å². The van der Waals surface area contributed by atoms with Gasteiger partial charge in [0.15, 0.2) is 0 Å². The van der Waals surface area contributed by atoms with Crippen molar-refractivity contribution in [2.75, 3.05) is 5.32 Å². The van der Waals surface area contributed by atoms with Crippen LogP contribution in [0.5, 0.6) is 0 Å². The number of carbonyl (C=O) groups excluding carboxylic acids is 1. The number of carbonyl (C=O) groups is 1. The fourth-order valence-corrected chi connectivity index (χ4v) is 2.77. The molecule has 2 N–H and O–H groups in total. The summed E-state index contributed by atoms with van der Waals surface area (Å²) in [5.41, 5.74) is 2.88. The van der Waals surface area contributed by atoms with Crippen LogP contribution in [-0.2, 0) is 4.79 Å². The maximum absolute atomic E-state index is 12.6. The van der Waals surface area contributed by atoms with Crippen molar-refractivity contribution in [3.63, 3.8) is 0 Å². The van der Waals surface area contributed by atoms with Gasteiger partial charge in [-0.1, -0.05) is 48.5 Å². The zero-order valence-electron chi connectivity index (χ0n) is 14.4. The lowest BCUT2D eigenvalue weighted by Gasteiger charge is -2.19. The number of anilines is 1. The van der Waals surface area contributed by atoms with Crippen molar-refractivity contribution in [3.8, 4) is 11.1 Å². The molecule has 1 aromatic heterocycles. The third kappa shape index (κ3) is 4.17. The zero-order valence-corrected chi connectivity index (χ0v) is 14.4. The zero-order chi connectivity index (χ0) is 17.6. The highest BCUT2D eigenvalue weighted by Gasteiger charge is 2.18. The minimum Gasteiger partial charge on any atom is -0.468 e. The first-order valence-electron chi connectivity index (χ1n) is 8.40. The number of furan rings is 1. The molecule has 3 aromatic rings. The van der Waals surface area contributed by atoms with Crippen LogP contribution in [0, 0.1) is 0 Å². The molecule has 0 spiro atoms. The summed E-state index contributed by atoms with van der Waals surface area (Å²) in [4.78, 5) is 12.6. The Morgan fingerprint density at radius 3 is 2.36 bits per heavy atom. The highest BCUT2D eigenvalue weighted by Crippen LogP contribution is 2.27. The van der Waals surface area contributed by atoms with Crippen molar-refractivity contribution in [2.45, 2.75) is 25.9 Å². The molecule has 2 atom stereocenters. The molecule has 4 heteroatoms. The molecule has 1 heterocycles. The lowest BCUT2D eigenvalue weighted by Crippen LogP contribution is -2.39. The van der Waals surface area contributed by atoms with Crippen LogP contribution in [0.4, 0.5) is 5.69 Å². The van der Waals surface area contributed by atoms with E-state index in [4.69, 9.17) is 4.42 Å². The molecule has 0 unspecified atom stereocenters. The molecule has 0 aliphatic rings. The second-order valence-corrected chi connectivity index (χ2v) is 6.03. The van der Waals surface area contributed by atoms with Gasteiger partial charge in [0.2, 0.25) is 5.91 Å². The Kier molecular flexibility index (Phi) is 5.31. The van der Waals surface area contributed by atoms with E-state index in [-0.39, 0.29) is 18.0 Å². The average Bonchev–Trinajstić information content (AvgIpc) is 3.17. The lowest BCUT2D eigenvalue weighted by molar-refractivity contribution is -0.118. The Balaban J connectivity index is 1.71. The summed E-state index contributed by atoms with van der Waals surface area (Å²) < 4.78 is 5.38. The molecule has 0 saturated heterocycles. The van der Waals surface area contributed by atoms with Gasteiger partial charge in [-0.25, -0.2) is 0 Å². The van der Waals surface area contributed by atoms with E-state index >= 15 is 0 Å². The van der Waals surface area contributed by atoms with E-state index in [9.17, 15) is 4.79 Å². The smallest absolute Gasteiger partial charge is 0.241 e. The molecule has 2 aromatic carbocycles. The van der Waals surface area contributed by atoms with E-state index in [1.807, 2.05) is 80.6 Å². The fourth-order valence-electron chi connectivity index (χ4n) is 2.77. The molecule has 0 aliphatic carbocycles. The summed E-state index contributed by atoms with van der Waals surface area (Å²) in [6.07, 6.45) is 1.63. The van der Waals surface area contributed by atoms with Gasteiger partial charge in [-0.05, 0) is 37.6 Å². The minimum atomic E-state index is -0.357. The molecule has 0 radical (unpaired) electrons. The van der Waals surface area contributed by atoms with Gasteiger partial charge in [-0.3, -0.25) is 10.1 Å². The molecule has 0 aliphatic heterocycles. The number of rotatable bonds is 6. The molecular weight excluding hydrogens is 312 g/mol. The maximum atomic E-state index is 12.6. The third-order valence-electron chi connectivity index (χ3n) is 4.13. The Bertz CT molecular complexity index is 813. The van der Waals surface area contributed by atoms with Gasteiger partial charge >= 0.3 is 0 Å². The van der Waals surface area contributed by atoms with Crippen LogP contribution in [0.15, 0.2) is 77.4 Å². The van der Waals surface area contributed by atoms with Crippen molar-refractivity contribution < 1.29 is 9.21 Å². The van der Waals surface area contributed by atoms with Crippen molar-refractivity contribution >= 4 is 11.6 Å². The van der Waals surface area contributed by atoms with Gasteiger partial charge in [-0.15, -0.1) is 0 Å². The van der Waals surface area contributed by atoms with Gasteiger partial charge in [0, 0.05) is 11.3 Å².